The van der Waals surface area contributed by atoms with Gasteiger partial charge in [-0.2, -0.15) is 5.10 Å². The highest BCUT2D eigenvalue weighted by molar-refractivity contribution is 6.04. The van der Waals surface area contributed by atoms with Gasteiger partial charge in [-0.15, -0.1) is 0 Å². The molecule has 2 aromatic rings. The van der Waals surface area contributed by atoms with Crippen molar-refractivity contribution in [1.82, 2.24) is 15.5 Å². The van der Waals surface area contributed by atoms with Crippen molar-refractivity contribution in [3.05, 3.63) is 30.0 Å². The van der Waals surface area contributed by atoms with E-state index in [4.69, 9.17) is 0 Å². The van der Waals surface area contributed by atoms with Gasteiger partial charge in [0.1, 0.15) is 0 Å². The fraction of sp³-hybridized carbons (Fsp3) is 0.333. The summed E-state index contributed by atoms with van der Waals surface area (Å²) in [6.45, 7) is 6.42. The van der Waals surface area contributed by atoms with Crippen LogP contribution in [0.4, 0.5) is 0 Å². The molecule has 0 fully saturated rings. The summed E-state index contributed by atoms with van der Waals surface area (Å²) in [4.78, 5) is 12.0. The Labute approximate surface area is 112 Å². The van der Waals surface area contributed by atoms with Crippen molar-refractivity contribution in [3.63, 3.8) is 0 Å². The van der Waals surface area contributed by atoms with Gasteiger partial charge in [0.25, 0.3) is 5.91 Å². The molecule has 0 spiro atoms. The van der Waals surface area contributed by atoms with Gasteiger partial charge in [-0.05, 0) is 26.8 Å². The first-order chi connectivity index (χ1) is 8.97. The molecular formula is C15H17N3O. The second-order valence-electron chi connectivity index (χ2n) is 5.35. The number of aromatic amines is 1. The average Bonchev–Trinajstić information content (AvgIpc) is 2.77. The topological polar surface area (TPSA) is 57.8 Å². The second-order valence-corrected chi connectivity index (χ2v) is 5.35. The van der Waals surface area contributed by atoms with Crippen molar-refractivity contribution in [3.8, 4) is 11.8 Å². The van der Waals surface area contributed by atoms with Gasteiger partial charge in [0, 0.05) is 10.8 Å². The number of H-pyrrole nitrogens is 1. The minimum Gasteiger partial charge on any atom is -0.340 e. The van der Waals surface area contributed by atoms with Crippen LogP contribution in [0.2, 0.25) is 0 Å². The Morgan fingerprint density at radius 2 is 2.11 bits per heavy atom. The van der Waals surface area contributed by atoms with Gasteiger partial charge in [-0.3, -0.25) is 9.89 Å². The molecule has 1 aromatic carbocycles. The highest BCUT2D eigenvalue weighted by Gasteiger charge is 2.12. The van der Waals surface area contributed by atoms with Crippen LogP contribution in [0.25, 0.3) is 10.9 Å². The van der Waals surface area contributed by atoms with Crippen molar-refractivity contribution in [2.45, 2.75) is 20.8 Å². The summed E-state index contributed by atoms with van der Waals surface area (Å²) in [6, 6.07) is 7.54. The summed E-state index contributed by atoms with van der Waals surface area (Å²) in [5, 5.41) is 10.5. The molecule has 0 aliphatic carbocycles. The Hall–Kier alpha value is -2.28. The van der Waals surface area contributed by atoms with Crippen LogP contribution in [-0.2, 0) is 0 Å². The van der Waals surface area contributed by atoms with E-state index < -0.39 is 0 Å². The zero-order valence-corrected chi connectivity index (χ0v) is 11.4. The molecule has 0 aliphatic rings. The van der Waals surface area contributed by atoms with E-state index in [2.05, 4.69) is 27.4 Å². The summed E-state index contributed by atoms with van der Waals surface area (Å²) in [5.74, 6) is 5.81. The normalized spacial score (nSPS) is 10.9. The van der Waals surface area contributed by atoms with E-state index in [1.165, 1.54) is 0 Å². The van der Waals surface area contributed by atoms with Gasteiger partial charge in [0.2, 0.25) is 0 Å². The number of aromatic nitrogens is 2. The molecule has 2 rings (SSSR count). The highest BCUT2D eigenvalue weighted by atomic mass is 16.1. The van der Waals surface area contributed by atoms with Crippen molar-refractivity contribution in [2.24, 2.45) is 5.41 Å². The molecule has 4 nitrogen and oxygen atoms in total. The van der Waals surface area contributed by atoms with Gasteiger partial charge in [-0.1, -0.05) is 30.0 Å². The van der Waals surface area contributed by atoms with Gasteiger partial charge in [0.05, 0.1) is 12.1 Å². The smallest absolute Gasteiger partial charge is 0.273 e. The number of fused-ring (bicyclic) bond motifs is 1. The molecule has 0 saturated heterocycles. The summed E-state index contributed by atoms with van der Waals surface area (Å²) < 4.78 is 0. The number of amides is 1. The Morgan fingerprint density at radius 1 is 1.37 bits per heavy atom. The van der Waals surface area contributed by atoms with Crippen LogP contribution in [0.3, 0.4) is 0 Å². The van der Waals surface area contributed by atoms with E-state index >= 15 is 0 Å². The maximum Gasteiger partial charge on any atom is 0.273 e. The zero-order valence-electron chi connectivity index (χ0n) is 11.4. The van der Waals surface area contributed by atoms with E-state index in [9.17, 15) is 4.79 Å². The molecular weight excluding hydrogens is 238 g/mol. The van der Waals surface area contributed by atoms with Crippen LogP contribution in [0.15, 0.2) is 24.3 Å². The number of benzene rings is 1. The summed E-state index contributed by atoms with van der Waals surface area (Å²) in [6.07, 6.45) is 0. The maximum absolute atomic E-state index is 12.0. The number of nitrogens with zero attached hydrogens (tertiary/aromatic N) is 1. The fourth-order valence-corrected chi connectivity index (χ4v) is 1.65. The third-order valence-electron chi connectivity index (χ3n) is 2.49. The first-order valence-electron chi connectivity index (χ1n) is 6.19. The number of rotatable bonds is 2. The standard InChI is InChI=1S/C15H17N3O/c1-15(2,3)9-6-10-16-14(19)13-11-7-4-5-8-12(11)17-18-13/h4-5,7-8H,10H2,1-3H3,(H,16,19)(H,17,18). The Kier molecular flexibility index (Phi) is 3.57. The molecule has 0 unspecified atom stereocenters. The molecule has 1 aromatic heterocycles. The van der Waals surface area contributed by atoms with E-state index in [-0.39, 0.29) is 11.3 Å². The van der Waals surface area contributed by atoms with Crippen LogP contribution >= 0.6 is 0 Å². The minimum absolute atomic E-state index is 0.0518. The third-order valence-corrected chi connectivity index (χ3v) is 2.49. The zero-order chi connectivity index (χ0) is 13.9. The molecule has 0 radical (unpaired) electrons. The lowest BCUT2D eigenvalue weighted by atomic mass is 9.98. The molecule has 0 atom stereocenters. The van der Waals surface area contributed by atoms with E-state index in [1.54, 1.807) is 0 Å². The molecule has 0 bridgehead atoms. The largest absolute Gasteiger partial charge is 0.340 e. The number of para-hydroxylation sites is 1. The van der Waals surface area contributed by atoms with Crippen LogP contribution in [-0.4, -0.2) is 22.6 Å². The van der Waals surface area contributed by atoms with Crippen molar-refractivity contribution >= 4 is 16.8 Å². The number of carbonyl (C=O) groups is 1. The number of carbonyl (C=O) groups excluding carboxylic acids is 1. The van der Waals surface area contributed by atoms with Crippen LogP contribution in [0, 0.1) is 17.3 Å². The van der Waals surface area contributed by atoms with Gasteiger partial charge in [-0.25, -0.2) is 0 Å². The van der Waals surface area contributed by atoms with E-state index in [0.717, 1.165) is 10.9 Å². The summed E-state index contributed by atoms with van der Waals surface area (Å²) >= 11 is 0. The highest BCUT2D eigenvalue weighted by Crippen LogP contribution is 2.14. The first kappa shape index (κ1) is 13.2. The maximum atomic E-state index is 12.0. The lowest BCUT2D eigenvalue weighted by Crippen LogP contribution is -2.24. The summed E-state index contributed by atoms with van der Waals surface area (Å²) in [7, 11) is 0. The molecule has 4 heteroatoms. The number of hydrogen-bond acceptors (Lipinski definition) is 2. The van der Waals surface area contributed by atoms with Crippen molar-refractivity contribution < 1.29 is 4.79 Å². The van der Waals surface area contributed by atoms with Gasteiger partial charge >= 0.3 is 0 Å². The third kappa shape index (κ3) is 3.35. The molecule has 98 valence electrons. The molecule has 0 aliphatic heterocycles. The van der Waals surface area contributed by atoms with Crippen LogP contribution in [0.5, 0.6) is 0 Å². The Bertz CT molecular complexity index is 653. The summed E-state index contributed by atoms with van der Waals surface area (Å²) in [5.41, 5.74) is 1.21. The SMILES string of the molecule is CC(C)(C)C#CCNC(=O)c1n[nH]c2ccccc12. The molecule has 0 saturated carbocycles. The Morgan fingerprint density at radius 3 is 2.84 bits per heavy atom. The Balaban J connectivity index is 2.06. The second kappa shape index (κ2) is 5.15. The molecule has 19 heavy (non-hydrogen) atoms. The number of nitrogens with one attached hydrogen (secondary N) is 2. The number of hydrogen-bond donors (Lipinski definition) is 2. The fourth-order valence-electron chi connectivity index (χ4n) is 1.65. The predicted molar refractivity (Wildman–Crippen MR) is 75.7 cm³/mol. The lowest BCUT2D eigenvalue weighted by molar-refractivity contribution is 0.0955. The monoisotopic (exact) mass is 255 g/mol. The van der Waals surface area contributed by atoms with Crippen LogP contribution in [0.1, 0.15) is 31.3 Å². The minimum atomic E-state index is -0.208. The molecule has 2 N–H and O–H groups in total. The van der Waals surface area contributed by atoms with E-state index in [1.807, 2.05) is 45.0 Å². The average molecular weight is 255 g/mol. The van der Waals surface area contributed by atoms with E-state index in [0.29, 0.717) is 12.2 Å². The van der Waals surface area contributed by atoms with Gasteiger partial charge < -0.3 is 5.32 Å². The predicted octanol–water partition coefficient (Wildman–Crippen LogP) is 2.34. The van der Waals surface area contributed by atoms with Crippen LogP contribution < -0.4 is 5.32 Å². The molecule has 1 heterocycles. The lowest BCUT2D eigenvalue weighted by Gasteiger charge is -2.06. The first-order valence-corrected chi connectivity index (χ1v) is 6.19. The van der Waals surface area contributed by atoms with Crippen molar-refractivity contribution in [2.75, 3.05) is 6.54 Å². The quantitative estimate of drug-likeness (QED) is 0.809. The van der Waals surface area contributed by atoms with Crippen molar-refractivity contribution in [1.29, 1.82) is 0 Å². The van der Waals surface area contributed by atoms with Gasteiger partial charge in [0.15, 0.2) is 5.69 Å². The molecule has 1 amide bonds.